The number of ether oxygens (including phenoxy) is 1. The molecule has 2 aliphatic rings. The summed E-state index contributed by atoms with van der Waals surface area (Å²) in [5.41, 5.74) is 1.44. The zero-order valence-electron chi connectivity index (χ0n) is 15.7. The first-order chi connectivity index (χ1) is 12.1. The number of amides is 1. The second-order valence-electron chi connectivity index (χ2n) is 7.41. The van der Waals surface area contributed by atoms with Crippen molar-refractivity contribution in [3.63, 3.8) is 0 Å². The summed E-state index contributed by atoms with van der Waals surface area (Å²) in [6.45, 7) is 9.74. The van der Waals surface area contributed by atoms with Crippen LogP contribution in [-0.4, -0.2) is 72.1 Å². The molecular formula is C19H30N4O2. The van der Waals surface area contributed by atoms with Gasteiger partial charge in [-0.05, 0) is 58.0 Å². The fourth-order valence-corrected chi connectivity index (χ4v) is 4.19. The molecule has 0 aliphatic carbocycles. The molecule has 2 atom stereocenters. The Hall–Kier alpha value is -1.53. The molecule has 0 N–H and O–H groups in total. The Morgan fingerprint density at radius 2 is 1.92 bits per heavy atom. The molecule has 2 saturated heterocycles. The predicted octanol–water partition coefficient (Wildman–Crippen LogP) is 1.91. The van der Waals surface area contributed by atoms with Gasteiger partial charge >= 0.3 is 0 Å². The molecule has 0 unspecified atom stereocenters. The van der Waals surface area contributed by atoms with Gasteiger partial charge in [-0.1, -0.05) is 0 Å². The maximum Gasteiger partial charge on any atom is 0.257 e. The Morgan fingerprint density at radius 3 is 2.52 bits per heavy atom. The molecule has 1 amide bonds. The van der Waals surface area contributed by atoms with Crippen LogP contribution in [0.25, 0.3) is 0 Å². The van der Waals surface area contributed by atoms with Crippen molar-refractivity contribution >= 4 is 5.91 Å². The summed E-state index contributed by atoms with van der Waals surface area (Å²) in [7, 11) is 1.76. The van der Waals surface area contributed by atoms with Crippen LogP contribution in [0.2, 0.25) is 0 Å². The minimum Gasteiger partial charge on any atom is -0.385 e. The highest BCUT2D eigenvalue weighted by molar-refractivity contribution is 5.95. The quantitative estimate of drug-likeness (QED) is 0.762. The van der Waals surface area contributed by atoms with Crippen molar-refractivity contribution in [2.75, 3.05) is 46.4 Å². The highest BCUT2D eigenvalue weighted by Crippen LogP contribution is 2.32. The average molecular weight is 346 g/mol. The van der Waals surface area contributed by atoms with E-state index in [0.717, 1.165) is 51.4 Å². The molecule has 0 radical (unpaired) electrons. The Bertz CT molecular complexity index is 591. The summed E-state index contributed by atoms with van der Waals surface area (Å²) in [6.07, 6.45) is 5.16. The van der Waals surface area contributed by atoms with Crippen LogP contribution in [0.15, 0.2) is 6.20 Å². The van der Waals surface area contributed by atoms with Crippen LogP contribution in [0.5, 0.6) is 0 Å². The van der Waals surface area contributed by atoms with Crippen molar-refractivity contribution in [1.82, 2.24) is 19.8 Å². The Balaban J connectivity index is 1.57. The van der Waals surface area contributed by atoms with Gasteiger partial charge in [0.1, 0.15) is 5.82 Å². The zero-order chi connectivity index (χ0) is 17.8. The Labute approximate surface area is 150 Å². The molecule has 2 fully saturated rings. The number of aryl methyl sites for hydroxylation is 2. The molecule has 0 spiro atoms. The lowest BCUT2D eigenvalue weighted by Crippen LogP contribution is -2.32. The predicted molar refractivity (Wildman–Crippen MR) is 96.6 cm³/mol. The molecule has 1 aromatic heterocycles. The van der Waals surface area contributed by atoms with E-state index < -0.39 is 0 Å². The van der Waals surface area contributed by atoms with Gasteiger partial charge in [0.2, 0.25) is 0 Å². The minimum atomic E-state index is 0.0996. The summed E-state index contributed by atoms with van der Waals surface area (Å²) in [4.78, 5) is 26.0. The molecule has 6 heteroatoms. The smallest absolute Gasteiger partial charge is 0.257 e. The number of rotatable bonds is 5. The second kappa shape index (κ2) is 8.23. The third-order valence-electron chi connectivity index (χ3n) is 5.65. The largest absolute Gasteiger partial charge is 0.385 e. The normalized spacial score (nSPS) is 24.2. The lowest BCUT2D eigenvalue weighted by molar-refractivity contribution is 0.0778. The van der Waals surface area contributed by atoms with Gasteiger partial charge in [-0.25, -0.2) is 9.97 Å². The van der Waals surface area contributed by atoms with E-state index in [1.54, 1.807) is 13.3 Å². The van der Waals surface area contributed by atoms with Crippen LogP contribution in [0.3, 0.4) is 0 Å². The van der Waals surface area contributed by atoms with Crippen molar-refractivity contribution in [2.24, 2.45) is 11.8 Å². The fraction of sp³-hybridized carbons (Fsp3) is 0.737. The van der Waals surface area contributed by atoms with E-state index >= 15 is 0 Å². The topological polar surface area (TPSA) is 58.6 Å². The van der Waals surface area contributed by atoms with Gasteiger partial charge in [0.05, 0.1) is 11.3 Å². The molecule has 0 saturated carbocycles. The number of carbonyl (C=O) groups is 1. The maximum atomic E-state index is 12.9. The van der Waals surface area contributed by atoms with Gasteiger partial charge in [-0.2, -0.15) is 0 Å². The summed E-state index contributed by atoms with van der Waals surface area (Å²) < 4.78 is 5.16. The number of aromatic nitrogens is 2. The first kappa shape index (κ1) is 18.3. The van der Waals surface area contributed by atoms with Crippen molar-refractivity contribution in [1.29, 1.82) is 0 Å². The lowest BCUT2D eigenvalue weighted by atomic mass is 9.92. The van der Waals surface area contributed by atoms with E-state index in [4.69, 9.17) is 4.74 Å². The van der Waals surface area contributed by atoms with Crippen LogP contribution < -0.4 is 0 Å². The number of fused-ring (bicyclic) bond motifs is 1. The summed E-state index contributed by atoms with van der Waals surface area (Å²) in [5, 5.41) is 0. The summed E-state index contributed by atoms with van der Waals surface area (Å²) in [6, 6.07) is 0. The average Bonchev–Trinajstić information content (AvgIpc) is 2.90. The summed E-state index contributed by atoms with van der Waals surface area (Å²) in [5.74, 6) is 2.07. The van der Waals surface area contributed by atoms with Crippen LogP contribution in [0.4, 0.5) is 0 Å². The van der Waals surface area contributed by atoms with Crippen LogP contribution in [0, 0.1) is 25.7 Å². The van der Waals surface area contributed by atoms with E-state index in [9.17, 15) is 4.79 Å². The molecule has 0 bridgehead atoms. The van der Waals surface area contributed by atoms with Crippen molar-refractivity contribution in [3.05, 3.63) is 23.3 Å². The van der Waals surface area contributed by atoms with E-state index in [2.05, 4.69) is 14.9 Å². The lowest BCUT2D eigenvalue weighted by Gasteiger charge is -2.22. The SMILES string of the molecule is COCCCN1CC[C@@H]2CN(C(=O)c3cnc(C)nc3C)C[C@@H]2CC1. The van der Waals surface area contributed by atoms with Gasteiger partial charge in [0.15, 0.2) is 0 Å². The van der Waals surface area contributed by atoms with Crippen LogP contribution in [0.1, 0.15) is 41.1 Å². The molecule has 25 heavy (non-hydrogen) atoms. The summed E-state index contributed by atoms with van der Waals surface area (Å²) >= 11 is 0. The number of nitrogens with zero attached hydrogens (tertiary/aromatic N) is 4. The zero-order valence-corrected chi connectivity index (χ0v) is 15.7. The van der Waals surface area contributed by atoms with Gasteiger partial charge in [-0.15, -0.1) is 0 Å². The number of methoxy groups -OCH3 is 1. The fourth-order valence-electron chi connectivity index (χ4n) is 4.19. The van der Waals surface area contributed by atoms with Gasteiger partial charge in [0.25, 0.3) is 5.91 Å². The molecule has 3 heterocycles. The molecule has 138 valence electrons. The molecule has 6 nitrogen and oxygen atoms in total. The number of hydrogen-bond donors (Lipinski definition) is 0. The van der Waals surface area contributed by atoms with Crippen LogP contribution in [-0.2, 0) is 4.74 Å². The maximum absolute atomic E-state index is 12.9. The van der Waals surface area contributed by atoms with Crippen molar-refractivity contribution in [3.8, 4) is 0 Å². The van der Waals surface area contributed by atoms with E-state index in [1.165, 1.54) is 12.8 Å². The van der Waals surface area contributed by atoms with E-state index in [0.29, 0.717) is 23.2 Å². The van der Waals surface area contributed by atoms with Gasteiger partial charge in [-0.3, -0.25) is 4.79 Å². The van der Waals surface area contributed by atoms with Crippen LogP contribution >= 0.6 is 0 Å². The van der Waals surface area contributed by atoms with Crippen molar-refractivity contribution in [2.45, 2.75) is 33.1 Å². The number of hydrogen-bond acceptors (Lipinski definition) is 5. The second-order valence-corrected chi connectivity index (χ2v) is 7.41. The Kier molecular flexibility index (Phi) is 6.02. The highest BCUT2D eigenvalue weighted by Gasteiger charge is 2.37. The molecule has 0 aromatic carbocycles. The third-order valence-corrected chi connectivity index (χ3v) is 5.65. The molecule has 1 aromatic rings. The molecule has 3 rings (SSSR count). The van der Waals surface area contributed by atoms with Gasteiger partial charge < -0.3 is 14.5 Å². The van der Waals surface area contributed by atoms with Gasteiger partial charge in [0, 0.05) is 39.5 Å². The number of carbonyl (C=O) groups excluding carboxylic acids is 1. The van der Waals surface area contributed by atoms with E-state index in [-0.39, 0.29) is 5.91 Å². The molecule has 2 aliphatic heterocycles. The first-order valence-corrected chi connectivity index (χ1v) is 9.39. The first-order valence-electron chi connectivity index (χ1n) is 9.39. The Morgan fingerprint density at radius 1 is 1.24 bits per heavy atom. The molecular weight excluding hydrogens is 316 g/mol. The highest BCUT2D eigenvalue weighted by atomic mass is 16.5. The van der Waals surface area contributed by atoms with Crippen molar-refractivity contribution < 1.29 is 9.53 Å². The monoisotopic (exact) mass is 346 g/mol. The minimum absolute atomic E-state index is 0.0996. The number of likely N-dealkylation sites (tertiary alicyclic amines) is 2. The van der Waals surface area contributed by atoms with E-state index in [1.807, 2.05) is 18.7 Å². The third kappa shape index (κ3) is 4.36. The standard InChI is InChI=1S/C19H30N4O2/c1-14-18(11-20-15(2)21-14)19(24)23-12-16-5-8-22(7-4-10-25-3)9-6-17(16)13-23/h11,16-17H,4-10,12-13H2,1-3H3/t16-,17+.